The van der Waals surface area contributed by atoms with Crippen LogP contribution in [0.15, 0.2) is 48.5 Å². The van der Waals surface area contributed by atoms with E-state index < -0.39 is 5.41 Å². The van der Waals surface area contributed by atoms with Crippen molar-refractivity contribution in [3.8, 4) is 28.5 Å². The summed E-state index contributed by atoms with van der Waals surface area (Å²) in [5.41, 5.74) is 4.31. The van der Waals surface area contributed by atoms with E-state index >= 15 is 0 Å². The highest BCUT2D eigenvalue weighted by atomic mass is 16.7. The lowest BCUT2D eigenvalue weighted by molar-refractivity contribution is -0.118. The normalized spacial score (nSPS) is 15.5. The van der Waals surface area contributed by atoms with Crippen LogP contribution in [0.3, 0.4) is 0 Å². The van der Waals surface area contributed by atoms with Crippen LogP contribution in [0.5, 0.6) is 17.2 Å². The molecular formula is C25H26N2O4. The molecular weight excluding hydrogens is 392 g/mol. The smallest absolute Gasteiger partial charge is 0.236 e. The minimum Gasteiger partial charge on any atom is -0.496 e. The van der Waals surface area contributed by atoms with Gasteiger partial charge >= 0.3 is 0 Å². The van der Waals surface area contributed by atoms with Crippen LogP contribution in [-0.2, 0) is 10.2 Å². The van der Waals surface area contributed by atoms with E-state index in [0.717, 1.165) is 52.3 Å². The van der Waals surface area contributed by atoms with Crippen LogP contribution in [0, 0.1) is 13.8 Å². The zero-order valence-electron chi connectivity index (χ0n) is 17.8. The lowest BCUT2D eigenvalue weighted by Gasteiger charge is -2.16. The van der Waals surface area contributed by atoms with Gasteiger partial charge in [0.1, 0.15) is 11.6 Å². The van der Waals surface area contributed by atoms with Crippen molar-refractivity contribution in [1.82, 2.24) is 4.98 Å². The molecule has 1 amide bonds. The molecule has 1 N–H and O–H groups in total. The van der Waals surface area contributed by atoms with Gasteiger partial charge < -0.3 is 19.5 Å². The predicted molar refractivity (Wildman–Crippen MR) is 120 cm³/mol. The summed E-state index contributed by atoms with van der Waals surface area (Å²) in [7, 11) is 1.68. The predicted octanol–water partition coefficient (Wildman–Crippen LogP) is 5.02. The fraction of sp³-hybridized carbons (Fsp3) is 0.280. The summed E-state index contributed by atoms with van der Waals surface area (Å²) in [4.78, 5) is 17.9. The largest absolute Gasteiger partial charge is 0.496 e. The van der Waals surface area contributed by atoms with Crippen molar-refractivity contribution < 1.29 is 20.4 Å². The van der Waals surface area contributed by atoms with E-state index in [1.165, 1.54) is 0 Å². The van der Waals surface area contributed by atoms with E-state index in [1.54, 1.807) is 7.11 Å². The summed E-state index contributed by atoms with van der Waals surface area (Å²) in [6, 6.07) is 15.5. The van der Waals surface area contributed by atoms with Gasteiger partial charge in [-0.3, -0.25) is 4.79 Å². The first-order chi connectivity index (χ1) is 15.0. The second kappa shape index (κ2) is 7.30. The highest BCUT2D eigenvalue weighted by molar-refractivity contribution is 6.01. The molecule has 1 aliphatic heterocycles. The number of rotatable bonds is 5. The van der Waals surface area contributed by atoms with E-state index in [0.29, 0.717) is 11.6 Å². The summed E-state index contributed by atoms with van der Waals surface area (Å²) >= 11 is 0. The zero-order valence-corrected chi connectivity index (χ0v) is 17.8. The lowest BCUT2D eigenvalue weighted by atomic mass is 9.94. The number of fused-ring (bicyclic) bond motifs is 1. The number of nitrogens with zero attached hydrogens (tertiary/aromatic N) is 1. The maximum Gasteiger partial charge on any atom is 0.236 e. The molecule has 0 saturated heterocycles. The average molecular weight is 418 g/mol. The molecule has 160 valence electrons. The van der Waals surface area contributed by atoms with Gasteiger partial charge in [0.25, 0.3) is 0 Å². The maximum absolute atomic E-state index is 13.2. The minimum absolute atomic E-state index is 0. The molecule has 0 spiro atoms. The standard InChI is InChI=1S/C25H24N2O4.H2/c1-15-11-17(12-16(2)23(15)29-3)19-5-4-6-22(26-19)27-24(28)25(9-10-25)18-7-8-20-21(13-18)31-14-30-20;/h4-8,11-13H,9-10,14H2,1-3H3,(H,26,27,28);1H. The van der Waals surface area contributed by atoms with E-state index in [2.05, 4.69) is 17.4 Å². The monoisotopic (exact) mass is 418 g/mol. The number of hydrogen-bond donors (Lipinski definition) is 1. The molecule has 2 heterocycles. The van der Waals surface area contributed by atoms with Crippen LogP contribution < -0.4 is 19.5 Å². The Balaban J connectivity index is 0.00000245. The lowest BCUT2D eigenvalue weighted by Crippen LogP contribution is -2.28. The molecule has 1 saturated carbocycles. The molecule has 2 aromatic carbocycles. The molecule has 1 fully saturated rings. The molecule has 0 atom stereocenters. The van der Waals surface area contributed by atoms with Crippen LogP contribution in [0.4, 0.5) is 5.82 Å². The van der Waals surface area contributed by atoms with Gasteiger partial charge in [-0.05, 0) is 79.8 Å². The zero-order chi connectivity index (χ0) is 21.6. The van der Waals surface area contributed by atoms with Gasteiger partial charge in [-0.15, -0.1) is 0 Å². The minimum atomic E-state index is -0.536. The number of aryl methyl sites for hydroxylation is 2. The number of hydrogen-bond acceptors (Lipinski definition) is 5. The van der Waals surface area contributed by atoms with E-state index in [4.69, 9.17) is 19.2 Å². The van der Waals surface area contributed by atoms with Crippen molar-refractivity contribution in [2.75, 3.05) is 19.2 Å². The Morgan fingerprint density at radius 1 is 1.06 bits per heavy atom. The molecule has 0 radical (unpaired) electrons. The first-order valence-electron chi connectivity index (χ1n) is 10.3. The van der Waals surface area contributed by atoms with Gasteiger partial charge in [-0.2, -0.15) is 0 Å². The molecule has 6 nitrogen and oxygen atoms in total. The first-order valence-corrected chi connectivity index (χ1v) is 10.3. The Hall–Kier alpha value is -3.54. The number of anilines is 1. The summed E-state index contributed by atoms with van der Waals surface area (Å²) in [6.45, 7) is 4.26. The third-order valence-corrected chi connectivity index (χ3v) is 6.06. The average Bonchev–Trinajstić information content (AvgIpc) is 3.45. The highest BCUT2D eigenvalue weighted by Crippen LogP contribution is 2.51. The van der Waals surface area contributed by atoms with Crippen molar-refractivity contribution >= 4 is 11.7 Å². The molecule has 0 unspecified atom stereocenters. The third-order valence-electron chi connectivity index (χ3n) is 6.06. The summed E-state index contributed by atoms with van der Waals surface area (Å²) in [5.74, 6) is 2.80. The Morgan fingerprint density at radius 2 is 1.81 bits per heavy atom. The second-order valence-corrected chi connectivity index (χ2v) is 8.16. The van der Waals surface area contributed by atoms with Crippen molar-refractivity contribution in [2.45, 2.75) is 32.1 Å². The molecule has 5 rings (SSSR count). The van der Waals surface area contributed by atoms with Crippen molar-refractivity contribution in [3.63, 3.8) is 0 Å². The number of ether oxygens (including phenoxy) is 3. The number of nitrogens with one attached hydrogen (secondary N) is 1. The van der Waals surface area contributed by atoms with E-state index in [9.17, 15) is 4.79 Å². The Kier molecular flexibility index (Phi) is 4.58. The van der Waals surface area contributed by atoms with Crippen molar-refractivity contribution in [1.29, 1.82) is 0 Å². The molecule has 6 heteroatoms. The van der Waals surface area contributed by atoms with Gasteiger partial charge in [0.05, 0.1) is 18.2 Å². The maximum atomic E-state index is 13.2. The van der Waals surface area contributed by atoms with Gasteiger partial charge in [0.2, 0.25) is 12.7 Å². The van der Waals surface area contributed by atoms with Crippen molar-refractivity contribution in [2.24, 2.45) is 0 Å². The fourth-order valence-electron chi connectivity index (χ4n) is 4.29. The quantitative estimate of drug-likeness (QED) is 0.630. The Labute approximate surface area is 182 Å². The summed E-state index contributed by atoms with van der Waals surface area (Å²) < 4.78 is 16.3. The third kappa shape index (κ3) is 3.38. The van der Waals surface area contributed by atoms with Crippen LogP contribution >= 0.6 is 0 Å². The number of carbonyl (C=O) groups excluding carboxylic acids is 1. The fourth-order valence-corrected chi connectivity index (χ4v) is 4.29. The SMILES string of the molecule is COc1c(C)cc(-c2cccc(NC(=O)C3(c4ccc5c(c4)OCO5)CC3)n2)cc1C.[HH]. The second-order valence-electron chi connectivity index (χ2n) is 8.16. The highest BCUT2D eigenvalue weighted by Gasteiger charge is 2.51. The number of aromatic nitrogens is 1. The van der Waals surface area contributed by atoms with Gasteiger partial charge in [0.15, 0.2) is 11.5 Å². The Bertz CT molecular complexity index is 1170. The van der Waals surface area contributed by atoms with Crippen molar-refractivity contribution in [3.05, 3.63) is 65.2 Å². The number of methoxy groups -OCH3 is 1. The Morgan fingerprint density at radius 3 is 2.52 bits per heavy atom. The molecule has 1 aromatic heterocycles. The number of benzene rings is 2. The number of carbonyl (C=O) groups is 1. The summed E-state index contributed by atoms with van der Waals surface area (Å²) in [5, 5.41) is 3.03. The van der Waals surface area contributed by atoms with E-state index in [-0.39, 0.29) is 14.1 Å². The van der Waals surface area contributed by atoms with Crippen LogP contribution in [0.1, 0.15) is 31.0 Å². The molecule has 3 aromatic rings. The van der Waals surface area contributed by atoms with E-state index in [1.807, 2.05) is 50.2 Å². The van der Waals surface area contributed by atoms with Gasteiger partial charge in [-0.25, -0.2) is 4.98 Å². The number of amides is 1. The molecule has 1 aliphatic carbocycles. The first kappa shape index (κ1) is 19.4. The van der Waals surface area contributed by atoms with Gasteiger partial charge in [0, 0.05) is 6.99 Å². The number of pyridine rings is 1. The molecule has 2 aliphatic rings. The topological polar surface area (TPSA) is 69.7 Å². The van der Waals surface area contributed by atoms with Crippen LogP contribution in [0.2, 0.25) is 0 Å². The summed E-state index contributed by atoms with van der Waals surface area (Å²) in [6.07, 6.45) is 1.60. The van der Waals surface area contributed by atoms with Crippen LogP contribution in [0.25, 0.3) is 11.3 Å². The van der Waals surface area contributed by atoms with Crippen LogP contribution in [-0.4, -0.2) is 24.8 Å². The molecule has 31 heavy (non-hydrogen) atoms. The van der Waals surface area contributed by atoms with Gasteiger partial charge in [-0.1, -0.05) is 12.1 Å². The molecule has 0 bridgehead atoms.